The molecule has 0 unspecified atom stereocenters. The van der Waals surface area contributed by atoms with Crippen molar-refractivity contribution in [2.24, 2.45) is 0 Å². The minimum Gasteiger partial charge on any atom is -0.383 e. The number of rotatable bonds is 5. The summed E-state index contributed by atoms with van der Waals surface area (Å²) < 4.78 is 37.2. The number of allylic oxidation sites excluding steroid dienone is 2. The van der Waals surface area contributed by atoms with E-state index in [-0.39, 0.29) is 5.70 Å². The van der Waals surface area contributed by atoms with Crippen LogP contribution in [0.1, 0.15) is 11.3 Å². The Morgan fingerprint density at radius 2 is 1.91 bits per heavy atom. The van der Waals surface area contributed by atoms with Gasteiger partial charge in [0.05, 0.1) is 0 Å². The Morgan fingerprint density at radius 3 is 2.41 bits per heavy atom. The number of nitrogens with one attached hydrogen (secondary N) is 1. The summed E-state index contributed by atoms with van der Waals surface area (Å²) in [5, 5.41) is 2.73. The van der Waals surface area contributed by atoms with Gasteiger partial charge in [0.1, 0.15) is 5.82 Å². The van der Waals surface area contributed by atoms with Crippen LogP contribution in [0, 0.1) is 13.8 Å². The van der Waals surface area contributed by atoms with Crippen molar-refractivity contribution in [1.29, 1.82) is 0 Å². The molecule has 1 heterocycles. The van der Waals surface area contributed by atoms with Crippen LogP contribution in [0.4, 0.5) is 19.0 Å². The third-order valence-corrected chi connectivity index (χ3v) is 2.49. The number of aromatic nitrogens is 1. The minimum absolute atomic E-state index is 0.00789. The summed E-state index contributed by atoms with van der Waals surface area (Å²) in [4.78, 5) is 17.0. The molecule has 0 aliphatic heterocycles. The molecular weight excluding hydrogens is 295 g/mol. The van der Waals surface area contributed by atoms with Gasteiger partial charge in [-0.1, -0.05) is 0 Å². The van der Waals surface area contributed by atoms with Crippen molar-refractivity contribution >= 4 is 11.6 Å². The first kappa shape index (κ1) is 17.7. The van der Waals surface area contributed by atoms with Crippen molar-refractivity contribution in [3.8, 4) is 0 Å². The Kier molecular flexibility index (Phi) is 5.73. The second-order valence-electron chi connectivity index (χ2n) is 5.04. The third kappa shape index (κ3) is 5.99. The maximum atomic E-state index is 12.4. The predicted octanol–water partition coefficient (Wildman–Crippen LogP) is 3.20. The number of halogens is 3. The van der Waals surface area contributed by atoms with Crippen LogP contribution in [0.15, 0.2) is 36.2 Å². The van der Waals surface area contributed by atoms with E-state index in [0.717, 1.165) is 11.3 Å². The van der Waals surface area contributed by atoms with Crippen LogP contribution >= 0.6 is 0 Å². The van der Waals surface area contributed by atoms with Gasteiger partial charge < -0.3 is 10.2 Å². The monoisotopic (exact) mass is 313 g/mol. The average molecular weight is 313 g/mol. The average Bonchev–Trinajstić information content (AvgIpc) is 2.33. The van der Waals surface area contributed by atoms with Crippen LogP contribution in [-0.2, 0) is 4.79 Å². The molecule has 1 rings (SSSR count). The SMILES string of the molecule is Cc1cc(C)nc(NC(=C\C(=O)C(F)(F)F)/C=C/N(C)C)c1. The lowest BCUT2D eigenvalue weighted by Gasteiger charge is -2.11. The first-order valence-electron chi connectivity index (χ1n) is 6.47. The molecule has 0 spiro atoms. The molecule has 0 fully saturated rings. The number of hydrogen-bond donors (Lipinski definition) is 1. The first-order valence-corrected chi connectivity index (χ1v) is 6.47. The van der Waals surface area contributed by atoms with Crippen LogP contribution < -0.4 is 5.32 Å². The Morgan fingerprint density at radius 1 is 1.27 bits per heavy atom. The van der Waals surface area contributed by atoms with Crippen LogP contribution in [0.25, 0.3) is 0 Å². The number of alkyl halides is 3. The number of nitrogens with zero attached hydrogens (tertiary/aromatic N) is 2. The normalized spacial score (nSPS) is 12.6. The van der Waals surface area contributed by atoms with Gasteiger partial charge in [0.2, 0.25) is 0 Å². The van der Waals surface area contributed by atoms with E-state index in [2.05, 4.69) is 10.3 Å². The lowest BCUT2D eigenvalue weighted by atomic mass is 10.2. The summed E-state index contributed by atoms with van der Waals surface area (Å²) in [6.45, 7) is 3.62. The molecule has 0 aromatic carbocycles. The molecule has 0 atom stereocenters. The number of pyridine rings is 1. The van der Waals surface area contributed by atoms with Gasteiger partial charge >= 0.3 is 6.18 Å². The lowest BCUT2D eigenvalue weighted by molar-refractivity contribution is -0.165. The summed E-state index contributed by atoms with van der Waals surface area (Å²) in [5.41, 5.74) is 1.64. The standard InChI is InChI=1S/C15H18F3N3O/c1-10-7-11(2)19-14(8-10)20-12(5-6-21(3)4)9-13(22)15(16,17)18/h5-9H,1-4H3,(H,19,20)/b6-5+,12-9-. The summed E-state index contributed by atoms with van der Waals surface area (Å²) >= 11 is 0. The molecule has 1 N–H and O–H groups in total. The highest BCUT2D eigenvalue weighted by Crippen LogP contribution is 2.19. The predicted molar refractivity (Wildman–Crippen MR) is 79.3 cm³/mol. The second kappa shape index (κ2) is 7.11. The fourth-order valence-electron chi connectivity index (χ4n) is 1.63. The quantitative estimate of drug-likeness (QED) is 0.670. The molecule has 0 amide bonds. The number of ketones is 1. The molecule has 0 aliphatic rings. The van der Waals surface area contributed by atoms with Crippen molar-refractivity contribution in [2.75, 3.05) is 19.4 Å². The molecule has 4 nitrogen and oxygen atoms in total. The van der Waals surface area contributed by atoms with Crippen LogP contribution in [0.2, 0.25) is 0 Å². The van der Waals surface area contributed by atoms with E-state index >= 15 is 0 Å². The highest BCUT2D eigenvalue weighted by molar-refractivity contribution is 5.95. The maximum absolute atomic E-state index is 12.4. The highest BCUT2D eigenvalue weighted by atomic mass is 19.4. The minimum atomic E-state index is -4.91. The van der Waals surface area contributed by atoms with E-state index in [4.69, 9.17) is 0 Å². The third-order valence-electron chi connectivity index (χ3n) is 2.49. The van der Waals surface area contributed by atoms with Gasteiger partial charge in [-0.15, -0.1) is 0 Å². The van der Waals surface area contributed by atoms with Gasteiger partial charge in [-0.2, -0.15) is 13.2 Å². The van der Waals surface area contributed by atoms with E-state index in [1.54, 1.807) is 32.0 Å². The van der Waals surface area contributed by atoms with E-state index in [1.165, 1.54) is 12.3 Å². The number of aryl methyl sites for hydroxylation is 2. The van der Waals surface area contributed by atoms with Gasteiger partial charge in [0, 0.05) is 37.8 Å². The van der Waals surface area contributed by atoms with Crippen molar-refractivity contribution in [3.05, 3.63) is 47.4 Å². The molecule has 1 aromatic rings. The topological polar surface area (TPSA) is 45.2 Å². The van der Waals surface area contributed by atoms with E-state index in [9.17, 15) is 18.0 Å². The summed E-state index contributed by atoms with van der Waals surface area (Å²) in [7, 11) is 3.43. The summed E-state index contributed by atoms with van der Waals surface area (Å²) in [6, 6.07) is 3.52. The molecule has 0 saturated heterocycles. The molecule has 0 bridgehead atoms. The Balaban J connectivity index is 3.10. The summed E-state index contributed by atoms with van der Waals surface area (Å²) in [5.74, 6) is -1.55. The molecule has 0 aliphatic carbocycles. The van der Waals surface area contributed by atoms with E-state index in [0.29, 0.717) is 11.9 Å². The van der Waals surface area contributed by atoms with Gasteiger partial charge in [0.25, 0.3) is 5.78 Å². The number of carbonyl (C=O) groups is 1. The fourth-order valence-corrected chi connectivity index (χ4v) is 1.63. The zero-order valence-electron chi connectivity index (χ0n) is 12.8. The van der Waals surface area contributed by atoms with Crippen LogP contribution in [0.5, 0.6) is 0 Å². The van der Waals surface area contributed by atoms with E-state index < -0.39 is 12.0 Å². The van der Waals surface area contributed by atoms with Crippen molar-refractivity contribution in [3.63, 3.8) is 0 Å². The largest absolute Gasteiger partial charge is 0.454 e. The highest BCUT2D eigenvalue weighted by Gasteiger charge is 2.36. The molecule has 0 radical (unpaired) electrons. The zero-order valence-corrected chi connectivity index (χ0v) is 12.8. The van der Waals surface area contributed by atoms with Crippen molar-refractivity contribution in [1.82, 2.24) is 9.88 Å². The van der Waals surface area contributed by atoms with Gasteiger partial charge in [0.15, 0.2) is 0 Å². The second-order valence-corrected chi connectivity index (χ2v) is 5.04. The molecule has 0 saturated carbocycles. The Labute approximate surface area is 127 Å². The molecule has 1 aromatic heterocycles. The van der Waals surface area contributed by atoms with Gasteiger partial charge in [-0.05, 0) is 37.6 Å². The Bertz CT molecular complexity index is 584. The summed E-state index contributed by atoms with van der Waals surface area (Å²) in [6.07, 6.45) is -1.48. The van der Waals surface area contributed by atoms with Crippen molar-refractivity contribution < 1.29 is 18.0 Å². The zero-order chi connectivity index (χ0) is 16.9. The van der Waals surface area contributed by atoms with Gasteiger partial charge in [-0.25, -0.2) is 4.98 Å². The smallest absolute Gasteiger partial charge is 0.383 e. The maximum Gasteiger partial charge on any atom is 0.454 e. The number of hydrogen-bond acceptors (Lipinski definition) is 4. The number of anilines is 1. The molecule has 22 heavy (non-hydrogen) atoms. The molecular formula is C15H18F3N3O. The molecule has 7 heteroatoms. The van der Waals surface area contributed by atoms with Crippen LogP contribution in [0.3, 0.4) is 0 Å². The van der Waals surface area contributed by atoms with Crippen LogP contribution in [-0.4, -0.2) is 35.9 Å². The van der Waals surface area contributed by atoms with E-state index in [1.807, 2.05) is 13.0 Å². The Hall–Kier alpha value is -2.31. The van der Waals surface area contributed by atoms with Gasteiger partial charge in [-0.3, -0.25) is 4.79 Å². The lowest BCUT2D eigenvalue weighted by Crippen LogP contribution is -2.21. The fraction of sp³-hybridized carbons (Fsp3) is 0.333. The van der Waals surface area contributed by atoms with Crippen molar-refractivity contribution in [2.45, 2.75) is 20.0 Å². The molecule has 120 valence electrons. The number of carbonyl (C=O) groups excluding carboxylic acids is 1. The first-order chi connectivity index (χ1) is 10.1.